The minimum absolute atomic E-state index is 0.230. The second-order valence-corrected chi connectivity index (χ2v) is 3.79. The van der Waals surface area contributed by atoms with Crippen LogP contribution in [0.1, 0.15) is 10.4 Å². The number of carbonyl (C=O) groups is 1. The van der Waals surface area contributed by atoms with Crippen LogP contribution in [0.5, 0.6) is 0 Å². The van der Waals surface area contributed by atoms with Crippen molar-refractivity contribution in [1.29, 1.82) is 0 Å². The van der Waals surface area contributed by atoms with Gasteiger partial charge in [0.15, 0.2) is 5.82 Å². The summed E-state index contributed by atoms with van der Waals surface area (Å²) in [5, 5.41) is 10.4. The SMILES string of the molecule is COC(=O)c1c(F)c(I)cc([N+](=O)[O-])c1F. The predicted molar refractivity (Wildman–Crippen MR) is 57.1 cm³/mol. The van der Waals surface area contributed by atoms with E-state index in [0.717, 1.165) is 7.11 Å². The number of rotatable bonds is 2. The average molecular weight is 343 g/mol. The molecule has 8 heteroatoms. The van der Waals surface area contributed by atoms with Crippen LogP contribution in [-0.4, -0.2) is 18.0 Å². The van der Waals surface area contributed by atoms with Crippen molar-refractivity contribution >= 4 is 34.2 Å². The Labute approximate surface area is 102 Å². The van der Waals surface area contributed by atoms with Crippen molar-refractivity contribution in [1.82, 2.24) is 0 Å². The van der Waals surface area contributed by atoms with Crippen molar-refractivity contribution in [2.24, 2.45) is 0 Å². The highest BCUT2D eigenvalue weighted by molar-refractivity contribution is 14.1. The molecule has 0 saturated carbocycles. The van der Waals surface area contributed by atoms with Gasteiger partial charge in [-0.25, -0.2) is 9.18 Å². The smallest absolute Gasteiger partial charge is 0.344 e. The van der Waals surface area contributed by atoms with Gasteiger partial charge in [-0.3, -0.25) is 10.1 Å². The van der Waals surface area contributed by atoms with E-state index in [1.165, 1.54) is 22.6 Å². The van der Waals surface area contributed by atoms with E-state index in [1.54, 1.807) is 0 Å². The predicted octanol–water partition coefficient (Wildman–Crippen LogP) is 2.26. The molecule has 1 aromatic carbocycles. The number of carbonyl (C=O) groups excluding carboxylic acids is 1. The third kappa shape index (κ3) is 2.10. The molecule has 1 rings (SSSR count). The first-order chi connectivity index (χ1) is 7.40. The van der Waals surface area contributed by atoms with Crippen LogP contribution in [0.2, 0.25) is 0 Å². The molecular formula is C8H4F2INO4. The Hall–Kier alpha value is -1.32. The summed E-state index contributed by atoms with van der Waals surface area (Å²) in [7, 11) is 0.924. The van der Waals surface area contributed by atoms with Crippen LogP contribution >= 0.6 is 22.6 Å². The largest absolute Gasteiger partial charge is 0.465 e. The number of nitro groups is 1. The molecule has 0 bridgehead atoms. The van der Waals surface area contributed by atoms with Gasteiger partial charge < -0.3 is 4.74 Å². The zero-order valence-electron chi connectivity index (χ0n) is 7.79. The number of nitrogens with zero attached hydrogens (tertiary/aromatic N) is 1. The van der Waals surface area contributed by atoms with Crippen molar-refractivity contribution in [3.05, 3.63) is 36.9 Å². The molecule has 0 aliphatic heterocycles. The van der Waals surface area contributed by atoms with Gasteiger partial charge >= 0.3 is 11.7 Å². The normalized spacial score (nSPS) is 10.0. The summed E-state index contributed by atoms with van der Waals surface area (Å²) in [5.41, 5.74) is -2.02. The highest BCUT2D eigenvalue weighted by atomic mass is 127. The molecular weight excluding hydrogens is 339 g/mol. The van der Waals surface area contributed by atoms with E-state index in [1.807, 2.05) is 0 Å². The second-order valence-electron chi connectivity index (χ2n) is 2.63. The Morgan fingerprint density at radius 1 is 1.50 bits per heavy atom. The number of methoxy groups -OCH3 is 1. The molecule has 1 aromatic rings. The van der Waals surface area contributed by atoms with Crippen LogP contribution in [0, 0.1) is 25.3 Å². The van der Waals surface area contributed by atoms with E-state index in [2.05, 4.69) is 4.74 Å². The van der Waals surface area contributed by atoms with Crippen LogP contribution in [0.3, 0.4) is 0 Å². The maximum atomic E-state index is 13.4. The summed E-state index contributed by atoms with van der Waals surface area (Å²) >= 11 is 1.42. The number of halogens is 3. The molecule has 16 heavy (non-hydrogen) atoms. The van der Waals surface area contributed by atoms with E-state index in [0.29, 0.717) is 6.07 Å². The van der Waals surface area contributed by atoms with E-state index < -0.39 is 33.8 Å². The van der Waals surface area contributed by atoms with Gasteiger partial charge in [-0.15, -0.1) is 0 Å². The number of hydrogen-bond acceptors (Lipinski definition) is 4. The molecule has 0 radical (unpaired) electrons. The highest BCUT2D eigenvalue weighted by Gasteiger charge is 2.29. The van der Waals surface area contributed by atoms with Gasteiger partial charge in [0.1, 0.15) is 5.56 Å². The number of esters is 1. The molecule has 0 amide bonds. The maximum absolute atomic E-state index is 13.4. The van der Waals surface area contributed by atoms with Crippen LogP contribution in [0.4, 0.5) is 14.5 Å². The summed E-state index contributed by atoms with van der Waals surface area (Å²) in [5.74, 6) is -4.00. The molecule has 0 N–H and O–H groups in total. The van der Waals surface area contributed by atoms with Gasteiger partial charge in [0.25, 0.3) is 0 Å². The van der Waals surface area contributed by atoms with Crippen LogP contribution < -0.4 is 0 Å². The zero-order valence-corrected chi connectivity index (χ0v) is 9.95. The Morgan fingerprint density at radius 3 is 2.50 bits per heavy atom. The van der Waals surface area contributed by atoms with Crippen LogP contribution in [0.25, 0.3) is 0 Å². The monoisotopic (exact) mass is 343 g/mol. The van der Waals surface area contributed by atoms with Crippen molar-refractivity contribution in [3.8, 4) is 0 Å². The zero-order chi connectivity index (χ0) is 12.5. The van der Waals surface area contributed by atoms with Crippen molar-refractivity contribution in [2.75, 3.05) is 7.11 Å². The minimum atomic E-state index is -1.53. The molecule has 0 fully saturated rings. The number of hydrogen-bond donors (Lipinski definition) is 0. The number of benzene rings is 1. The van der Waals surface area contributed by atoms with E-state index in [9.17, 15) is 23.7 Å². The van der Waals surface area contributed by atoms with Gasteiger partial charge in [0, 0.05) is 6.07 Å². The Bertz CT molecular complexity index is 478. The minimum Gasteiger partial charge on any atom is -0.465 e. The fourth-order valence-corrected chi connectivity index (χ4v) is 1.57. The lowest BCUT2D eigenvalue weighted by Crippen LogP contribution is -2.11. The fourth-order valence-electron chi connectivity index (χ4n) is 1.00. The topological polar surface area (TPSA) is 69.4 Å². The Kier molecular flexibility index (Phi) is 3.73. The molecule has 0 heterocycles. The Balaban J connectivity index is 3.58. The van der Waals surface area contributed by atoms with E-state index in [4.69, 9.17) is 0 Å². The molecule has 0 aliphatic carbocycles. The lowest BCUT2D eigenvalue weighted by Gasteiger charge is -2.04. The molecule has 0 unspecified atom stereocenters. The first-order valence-electron chi connectivity index (χ1n) is 3.80. The lowest BCUT2D eigenvalue weighted by molar-refractivity contribution is -0.387. The number of nitro benzene ring substituents is 1. The molecule has 5 nitrogen and oxygen atoms in total. The van der Waals surface area contributed by atoms with E-state index >= 15 is 0 Å². The summed E-state index contributed by atoms with van der Waals surface area (Å²) < 4.78 is 30.7. The summed E-state index contributed by atoms with van der Waals surface area (Å²) in [4.78, 5) is 20.5. The second kappa shape index (κ2) is 4.68. The van der Waals surface area contributed by atoms with Gasteiger partial charge in [0.05, 0.1) is 15.6 Å². The summed E-state index contributed by atoms with van der Waals surface area (Å²) in [6.07, 6.45) is 0. The molecule has 0 spiro atoms. The third-order valence-corrected chi connectivity index (χ3v) is 2.51. The molecule has 0 atom stereocenters. The molecule has 0 saturated heterocycles. The van der Waals surface area contributed by atoms with Crippen LogP contribution in [0.15, 0.2) is 6.07 Å². The first kappa shape index (κ1) is 12.7. The first-order valence-corrected chi connectivity index (χ1v) is 4.88. The Morgan fingerprint density at radius 2 is 2.06 bits per heavy atom. The molecule has 0 aliphatic rings. The average Bonchev–Trinajstić information content (AvgIpc) is 2.22. The van der Waals surface area contributed by atoms with E-state index in [-0.39, 0.29) is 3.57 Å². The maximum Gasteiger partial charge on any atom is 0.344 e. The van der Waals surface area contributed by atoms with Crippen molar-refractivity contribution < 1.29 is 23.2 Å². The van der Waals surface area contributed by atoms with Crippen LogP contribution in [-0.2, 0) is 4.74 Å². The highest BCUT2D eigenvalue weighted by Crippen LogP contribution is 2.27. The van der Waals surface area contributed by atoms with Gasteiger partial charge in [-0.2, -0.15) is 4.39 Å². The molecule has 86 valence electrons. The lowest BCUT2D eigenvalue weighted by atomic mass is 10.1. The standard InChI is InChI=1S/C8H4F2INO4/c1-16-8(13)5-6(9)3(11)2-4(7(5)10)12(14)15/h2H,1H3. The molecule has 0 aromatic heterocycles. The summed E-state index contributed by atoms with van der Waals surface area (Å²) in [6.45, 7) is 0. The fraction of sp³-hybridized carbons (Fsp3) is 0.125. The van der Waals surface area contributed by atoms with Gasteiger partial charge in [0.2, 0.25) is 5.82 Å². The quantitative estimate of drug-likeness (QED) is 0.272. The third-order valence-electron chi connectivity index (χ3n) is 1.72. The van der Waals surface area contributed by atoms with Gasteiger partial charge in [-0.05, 0) is 22.6 Å². The summed E-state index contributed by atoms with van der Waals surface area (Å²) in [6, 6.07) is 0.706. The number of ether oxygens (including phenoxy) is 1. The van der Waals surface area contributed by atoms with Crippen molar-refractivity contribution in [3.63, 3.8) is 0 Å². The van der Waals surface area contributed by atoms with Crippen molar-refractivity contribution in [2.45, 2.75) is 0 Å². The van der Waals surface area contributed by atoms with Gasteiger partial charge in [-0.1, -0.05) is 0 Å².